The number of hydrogen-bond acceptors (Lipinski definition) is 10. The van der Waals surface area contributed by atoms with Crippen molar-refractivity contribution >= 4 is 28.3 Å². The van der Waals surface area contributed by atoms with Crippen molar-refractivity contribution in [3.63, 3.8) is 0 Å². The summed E-state index contributed by atoms with van der Waals surface area (Å²) in [6, 6.07) is 7.49. The number of likely N-dealkylation sites (tertiary alicyclic amines) is 1. The number of nitrogens with zero attached hydrogens (tertiary/aromatic N) is 4. The van der Waals surface area contributed by atoms with E-state index in [9.17, 15) is 9.59 Å². The van der Waals surface area contributed by atoms with Gasteiger partial charge in [-0.2, -0.15) is 4.98 Å². The Morgan fingerprint density at radius 2 is 2.09 bits per heavy atom. The largest absolute Gasteiger partial charge is 0.496 e. The van der Waals surface area contributed by atoms with Crippen LogP contribution in [0.5, 0.6) is 5.75 Å². The third kappa shape index (κ3) is 5.11. The average molecular weight is 458 g/mol. The number of carbonyl (C=O) groups excluding carboxylic acids is 2. The number of amides is 1. The van der Waals surface area contributed by atoms with Crippen LogP contribution >= 0.6 is 11.3 Å². The number of aromatic nitrogens is 3. The smallest absolute Gasteiger partial charge is 0.311 e. The molecule has 32 heavy (non-hydrogen) atoms. The Morgan fingerprint density at radius 1 is 1.28 bits per heavy atom. The Balaban J connectivity index is 1.25. The zero-order valence-corrected chi connectivity index (χ0v) is 18.6. The van der Waals surface area contributed by atoms with E-state index in [1.807, 2.05) is 29.2 Å². The van der Waals surface area contributed by atoms with E-state index in [0.717, 1.165) is 5.56 Å². The molecule has 2 aromatic heterocycles. The zero-order valence-electron chi connectivity index (χ0n) is 17.7. The maximum atomic E-state index is 12.3. The SMILES string of the molecule is CCOC(=O)Cc1csc(NC(=O)CN2CC(c3nc(-c4ccccc4OC)no3)C2)n1. The zero-order chi connectivity index (χ0) is 22.5. The quantitative estimate of drug-likeness (QED) is 0.483. The third-order valence-electron chi connectivity index (χ3n) is 4.89. The van der Waals surface area contributed by atoms with E-state index in [2.05, 4.69) is 20.4 Å². The molecule has 3 heterocycles. The second-order valence-corrected chi connectivity index (χ2v) is 8.08. The Hall–Kier alpha value is -3.31. The van der Waals surface area contributed by atoms with Gasteiger partial charge in [-0.1, -0.05) is 17.3 Å². The second-order valence-electron chi connectivity index (χ2n) is 7.22. The highest BCUT2D eigenvalue weighted by molar-refractivity contribution is 7.13. The summed E-state index contributed by atoms with van der Waals surface area (Å²) in [5.41, 5.74) is 1.35. The topological polar surface area (TPSA) is 120 Å². The summed E-state index contributed by atoms with van der Waals surface area (Å²) in [6.07, 6.45) is 0.0923. The van der Waals surface area contributed by atoms with Crippen molar-refractivity contribution in [3.05, 3.63) is 41.2 Å². The molecule has 4 rings (SSSR count). The maximum Gasteiger partial charge on any atom is 0.311 e. The lowest BCUT2D eigenvalue weighted by atomic mass is 10.0. The Bertz CT molecular complexity index is 1090. The minimum atomic E-state index is -0.336. The molecule has 10 nitrogen and oxygen atoms in total. The van der Waals surface area contributed by atoms with Crippen LogP contribution in [0.4, 0.5) is 5.13 Å². The van der Waals surface area contributed by atoms with Crippen LogP contribution < -0.4 is 10.1 Å². The van der Waals surface area contributed by atoms with Crippen molar-refractivity contribution in [2.75, 3.05) is 38.7 Å². The van der Waals surface area contributed by atoms with Crippen LogP contribution in [0.2, 0.25) is 0 Å². The predicted octanol–water partition coefficient (Wildman–Crippen LogP) is 2.35. The molecule has 0 unspecified atom stereocenters. The standard InChI is InChI=1S/C21H23N5O5S/c1-3-30-18(28)8-14-12-32-21(22-14)23-17(27)11-26-9-13(10-26)20-24-19(25-31-20)15-6-4-5-7-16(15)29-2/h4-7,12-13H,3,8-11H2,1-2H3,(H,22,23,27). The van der Waals surface area contributed by atoms with Gasteiger partial charge < -0.3 is 19.3 Å². The minimum Gasteiger partial charge on any atom is -0.496 e. The van der Waals surface area contributed by atoms with Crippen LogP contribution in [0, 0.1) is 0 Å². The number of carbonyl (C=O) groups is 2. The molecular formula is C21H23N5O5S. The highest BCUT2D eigenvalue weighted by Crippen LogP contribution is 2.31. The van der Waals surface area contributed by atoms with Crippen molar-refractivity contribution in [2.24, 2.45) is 0 Å². The maximum absolute atomic E-state index is 12.3. The number of nitrogens with one attached hydrogen (secondary N) is 1. The van der Waals surface area contributed by atoms with Gasteiger partial charge in [-0.05, 0) is 19.1 Å². The van der Waals surface area contributed by atoms with Gasteiger partial charge in [-0.15, -0.1) is 11.3 Å². The van der Waals surface area contributed by atoms with Crippen molar-refractivity contribution in [1.82, 2.24) is 20.0 Å². The number of rotatable bonds is 9. The van der Waals surface area contributed by atoms with Crippen LogP contribution in [0.25, 0.3) is 11.4 Å². The van der Waals surface area contributed by atoms with Gasteiger partial charge in [-0.3, -0.25) is 14.5 Å². The molecule has 0 atom stereocenters. The number of hydrogen-bond donors (Lipinski definition) is 1. The van der Waals surface area contributed by atoms with Crippen LogP contribution in [0.3, 0.4) is 0 Å². The first-order valence-corrected chi connectivity index (χ1v) is 11.0. The van der Waals surface area contributed by atoms with Crippen molar-refractivity contribution < 1.29 is 23.6 Å². The van der Waals surface area contributed by atoms with Crippen LogP contribution in [-0.2, 0) is 20.7 Å². The summed E-state index contributed by atoms with van der Waals surface area (Å²) in [4.78, 5) is 34.6. The van der Waals surface area contributed by atoms with Gasteiger partial charge in [0.1, 0.15) is 5.75 Å². The molecule has 168 valence electrons. The molecule has 3 aromatic rings. The number of benzene rings is 1. The lowest BCUT2D eigenvalue weighted by molar-refractivity contribution is -0.142. The average Bonchev–Trinajstić information content (AvgIpc) is 3.40. The van der Waals surface area contributed by atoms with E-state index < -0.39 is 0 Å². The lowest BCUT2D eigenvalue weighted by Gasteiger charge is -2.36. The van der Waals surface area contributed by atoms with Gasteiger partial charge in [0.25, 0.3) is 0 Å². The Labute approximate surface area is 188 Å². The van der Waals surface area contributed by atoms with Gasteiger partial charge in [0.05, 0.1) is 43.9 Å². The van der Waals surface area contributed by atoms with E-state index in [0.29, 0.717) is 48.0 Å². The summed E-state index contributed by atoms with van der Waals surface area (Å²) in [5, 5.41) is 9.04. The van der Waals surface area contributed by atoms with Crippen LogP contribution in [0.1, 0.15) is 24.4 Å². The molecule has 0 saturated carbocycles. The van der Waals surface area contributed by atoms with E-state index in [1.165, 1.54) is 11.3 Å². The minimum absolute atomic E-state index is 0.0785. The molecule has 1 aromatic carbocycles. The first-order chi connectivity index (χ1) is 15.6. The number of esters is 1. The summed E-state index contributed by atoms with van der Waals surface area (Å²) in [7, 11) is 1.60. The van der Waals surface area contributed by atoms with Gasteiger partial charge in [0, 0.05) is 18.5 Å². The van der Waals surface area contributed by atoms with E-state index in [1.54, 1.807) is 19.4 Å². The van der Waals surface area contributed by atoms with Crippen molar-refractivity contribution in [3.8, 4) is 17.1 Å². The van der Waals surface area contributed by atoms with Gasteiger partial charge in [0.2, 0.25) is 17.6 Å². The van der Waals surface area contributed by atoms with Gasteiger partial charge in [-0.25, -0.2) is 4.98 Å². The molecule has 1 aliphatic heterocycles. The first-order valence-electron chi connectivity index (χ1n) is 10.1. The van der Waals surface area contributed by atoms with Crippen LogP contribution in [-0.4, -0.2) is 65.3 Å². The van der Waals surface area contributed by atoms with Gasteiger partial charge >= 0.3 is 5.97 Å². The summed E-state index contributed by atoms with van der Waals surface area (Å²) < 4.78 is 15.7. The lowest BCUT2D eigenvalue weighted by Crippen LogP contribution is -2.48. The Kier molecular flexibility index (Phi) is 6.76. The Morgan fingerprint density at radius 3 is 2.88 bits per heavy atom. The number of anilines is 1. The van der Waals surface area contributed by atoms with E-state index in [4.69, 9.17) is 14.0 Å². The number of methoxy groups -OCH3 is 1. The fraction of sp³-hybridized carbons (Fsp3) is 0.381. The van der Waals surface area contributed by atoms with E-state index in [-0.39, 0.29) is 30.8 Å². The number of thiazole rings is 1. The summed E-state index contributed by atoms with van der Waals surface area (Å²) in [6.45, 7) is 3.61. The summed E-state index contributed by atoms with van der Waals surface area (Å²) in [5.74, 6) is 1.29. The molecule has 1 fully saturated rings. The highest BCUT2D eigenvalue weighted by atomic mass is 32.1. The fourth-order valence-corrected chi connectivity index (χ4v) is 4.09. The monoisotopic (exact) mass is 457 g/mol. The molecule has 0 bridgehead atoms. The summed E-state index contributed by atoms with van der Waals surface area (Å²) >= 11 is 1.28. The second kappa shape index (κ2) is 9.88. The molecule has 1 amide bonds. The number of ether oxygens (including phenoxy) is 2. The highest BCUT2D eigenvalue weighted by Gasteiger charge is 2.34. The molecule has 1 aliphatic rings. The number of para-hydroxylation sites is 1. The third-order valence-corrected chi connectivity index (χ3v) is 5.70. The predicted molar refractivity (Wildman–Crippen MR) is 117 cm³/mol. The molecule has 0 radical (unpaired) electrons. The molecule has 0 aliphatic carbocycles. The van der Waals surface area contributed by atoms with Crippen molar-refractivity contribution in [1.29, 1.82) is 0 Å². The van der Waals surface area contributed by atoms with Gasteiger partial charge in [0.15, 0.2) is 5.13 Å². The normalized spacial score (nSPS) is 14.1. The first kappa shape index (κ1) is 21.9. The molecule has 11 heteroatoms. The molecule has 0 spiro atoms. The molecule has 1 saturated heterocycles. The van der Waals surface area contributed by atoms with Crippen LogP contribution in [0.15, 0.2) is 34.2 Å². The van der Waals surface area contributed by atoms with Crippen molar-refractivity contribution in [2.45, 2.75) is 19.3 Å². The fourth-order valence-electron chi connectivity index (χ4n) is 3.36. The molecule has 1 N–H and O–H groups in total. The van der Waals surface area contributed by atoms with E-state index >= 15 is 0 Å². The molecular weight excluding hydrogens is 434 g/mol.